The van der Waals surface area contributed by atoms with Crippen LogP contribution >= 0.6 is 0 Å². The van der Waals surface area contributed by atoms with Crippen LogP contribution < -0.4 is 9.47 Å². The van der Waals surface area contributed by atoms with Gasteiger partial charge in [0.1, 0.15) is 13.2 Å². The van der Waals surface area contributed by atoms with Crippen LogP contribution in [0.1, 0.15) is 51.7 Å². The van der Waals surface area contributed by atoms with E-state index in [4.69, 9.17) is 25.7 Å². The highest BCUT2D eigenvalue weighted by molar-refractivity contribution is 6.00. The van der Waals surface area contributed by atoms with Gasteiger partial charge in [-0.25, -0.2) is 0 Å². The van der Waals surface area contributed by atoms with E-state index >= 15 is 0 Å². The van der Waals surface area contributed by atoms with Gasteiger partial charge in [-0.3, -0.25) is 0 Å². The minimum atomic E-state index is 0.154. The Labute approximate surface area is 132 Å². The molecule has 5 nitrogen and oxygen atoms in total. The van der Waals surface area contributed by atoms with E-state index in [-0.39, 0.29) is 13.2 Å². The SMILES string of the molecule is CC(=N)COc1cc(C(C)C)cc(C(C)=N)c1OCC(C)=N. The van der Waals surface area contributed by atoms with Crippen molar-refractivity contribution in [2.24, 2.45) is 0 Å². The molecule has 0 saturated carbocycles. The summed E-state index contributed by atoms with van der Waals surface area (Å²) in [6, 6.07) is 3.83. The predicted molar refractivity (Wildman–Crippen MR) is 90.8 cm³/mol. The second-order valence-electron chi connectivity index (χ2n) is 5.81. The van der Waals surface area contributed by atoms with E-state index in [9.17, 15) is 0 Å². The Morgan fingerprint density at radius 3 is 1.95 bits per heavy atom. The summed E-state index contributed by atoms with van der Waals surface area (Å²) in [5.74, 6) is 1.30. The third kappa shape index (κ3) is 4.98. The molecule has 1 rings (SSSR count). The third-order valence-electron chi connectivity index (χ3n) is 3.03. The molecule has 0 atom stereocenters. The van der Waals surface area contributed by atoms with Crippen LogP contribution in [0.4, 0.5) is 0 Å². The molecular weight excluding hydrogens is 278 g/mol. The normalized spacial score (nSPS) is 10.5. The molecule has 0 saturated heterocycles. The summed E-state index contributed by atoms with van der Waals surface area (Å²) in [6.07, 6.45) is 0. The number of ether oxygens (including phenoxy) is 2. The summed E-state index contributed by atoms with van der Waals surface area (Å²) in [4.78, 5) is 0. The van der Waals surface area contributed by atoms with Crippen molar-refractivity contribution in [2.45, 2.75) is 40.5 Å². The second kappa shape index (κ2) is 7.73. The smallest absolute Gasteiger partial charge is 0.170 e. The lowest BCUT2D eigenvalue weighted by Crippen LogP contribution is -2.13. The maximum atomic E-state index is 7.98. The molecule has 5 heteroatoms. The van der Waals surface area contributed by atoms with E-state index in [2.05, 4.69) is 13.8 Å². The first-order valence-electron chi connectivity index (χ1n) is 7.29. The largest absolute Gasteiger partial charge is 0.484 e. The van der Waals surface area contributed by atoms with Crippen molar-refractivity contribution >= 4 is 17.1 Å². The molecular formula is C17H25N3O2. The van der Waals surface area contributed by atoms with Gasteiger partial charge in [0.2, 0.25) is 0 Å². The fourth-order valence-electron chi connectivity index (χ4n) is 1.86. The van der Waals surface area contributed by atoms with E-state index in [1.165, 1.54) is 0 Å². The minimum absolute atomic E-state index is 0.154. The maximum absolute atomic E-state index is 7.98. The molecule has 0 bridgehead atoms. The minimum Gasteiger partial charge on any atom is -0.484 e. The van der Waals surface area contributed by atoms with Crippen LogP contribution in [0.25, 0.3) is 0 Å². The van der Waals surface area contributed by atoms with E-state index in [1.54, 1.807) is 20.8 Å². The number of hydrogen-bond acceptors (Lipinski definition) is 5. The monoisotopic (exact) mass is 303 g/mol. The Balaban J connectivity index is 3.34. The first-order chi connectivity index (χ1) is 10.2. The van der Waals surface area contributed by atoms with Crippen LogP contribution in [0.15, 0.2) is 12.1 Å². The van der Waals surface area contributed by atoms with Crippen molar-refractivity contribution in [3.63, 3.8) is 0 Å². The average Bonchev–Trinajstić information content (AvgIpc) is 2.41. The molecule has 0 aliphatic heterocycles. The van der Waals surface area contributed by atoms with Gasteiger partial charge in [0.05, 0.1) is 0 Å². The molecule has 3 N–H and O–H groups in total. The van der Waals surface area contributed by atoms with Crippen LogP contribution in [0, 0.1) is 16.2 Å². The quantitative estimate of drug-likeness (QED) is 0.633. The molecule has 22 heavy (non-hydrogen) atoms. The van der Waals surface area contributed by atoms with Crippen LogP contribution in [0.2, 0.25) is 0 Å². The van der Waals surface area contributed by atoms with Gasteiger partial charge >= 0.3 is 0 Å². The lowest BCUT2D eigenvalue weighted by molar-refractivity contribution is 0.318. The van der Waals surface area contributed by atoms with Crippen LogP contribution in [0.3, 0.4) is 0 Å². The fraction of sp³-hybridized carbons (Fsp3) is 0.471. The zero-order valence-corrected chi connectivity index (χ0v) is 14.0. The molecule has 1 aromatic carbocycles. The summed E-state index contributed by atoms with van der Waals surface area (Å²) in [6.45, 7) is 9.53. The number of rotatable bonds is 8. The summed E-state index contributed by atoms with van der Waals surface area (Å²) in [7, 11) is 0. The van der Waals surface area contributed by atoms with E-state index in [0.717, 1.165) is 5.56 Å². The van der Waals surface area contributed by atoms with Gasteiger partial charge in [0.25, 0.3) is 0 Å². The van der Waals surface area contributed by atoms with Gasteiger partial charge in [0, 0.05) is 22.7 Å². The van der Waals surface area contributed by atoms with Gasteiger partial charge in [-0.05, 0) is 44.4 Å². The Bertz CT molecular complexity index is 592. The van der Waals surface area contributed by atoms with Gasteiger partial charge < -0.3 is 25.7 Å². The van der Waals surface area contributed by atoms with Crippen molar-refractivity contribution < 1.29 is 9.47 Å². The topological polar surface area (TPSA) is 90.0 Å². The highest BCUT2D eigenvalue weighted by atomic mass is 16.5. The molecule has 0 aromatic heterocycles. The first kappa shape index (κ1) is 17.9. The first-order valence-corrected chi connectivity index (χ1v) is 7.29. The lowest BCUT2D eigenvalue weighted by Gasteiger charge is -2.19. The van der Waals surface area contributed by atoms with Crippen LogP contribution in [-0.2, 0) is 0 Å². The highest BCUT2D eigenvalue weighted by Gasteiger charge is 2.17. The van der Waals surface area contributed by atoms with Crippen molar-refractivity contribution in [1.82, 2.24) is 0 Å². The second-order valence-corrected chi connectivity index (χ2v) is 5.81. The summed E-state index contributed by atoms with van der Waals surface area (Å²) in [5.41, 5.74) is 2.92. The number of benzene rings is 1. The zero-order valence-electron chi connectivity index (χ0n) is 14.0. The average molecular weight is 303 g/mol. The molecule has 0 amide bonds. The highest BCUT2D eigenvalue weighted by Crippen LogP contribution is 2.35. The van der Waals surface area contributed by atoms with Crippen molar-refractivity contribution in [1.29, 1.82) is 16.2 Å². The Morgan fingerprint density at radius 1 is 0.955 bits per heavy atom. The molecule has 0 heterocycles. The Hall–Kier alpha value is -2.17. The van der Waals surface area contributed by atoms with Gasteiger partial charge in [-0.1, -0.05) is 13.8 Å². The maximum Gasteiger partial charge on any atom is 0.170 e. The van der Waals surface area contributed by atoms with Gasteiger partial charge in [-0.15, -0.1) is 0 Å². The molecule has 1 aromatic rings. The predicted octanol–water partition coefficient (Wildman–Crippen LogP) is 4.03. The standard InChI is InChI=1S/C17H25N3O2/c1-10(2)14-6-15(13(5)20)17(22-9-12(4)19)16(7-14)21-8-11(3)18/h6-7,10,18-20H,8-9H2,1-5H3. The third-order valence-corrected chi connectivity index (χ3v) is 3.03. The van der Waals surface area contributed by atoms with Crippen molar-refractivity contribution in [3.05, 3.63) is 23.3 Å². The summed E-state index contributed by atoms with van der Waals surface area (Å²) < 4.78 is 11.4. The molecule has 0 radical (unpaired) electrons. The molecule has 0 aliphatic carbocycles. The molecule has 120 valence electrons. The Kier molecular flexibility index (Phi) is 6.28. The van der Waals surface area contributed by atoms with Crippen molar-refractivity contribution in [2.75, 3.05) is 13.2 Å². The number of hydrogen-bond donors (Lipinski definition) is 3. The van der Waals surface area contributed by atoms with E-state index < -0.39 is 0 Å². The molecule has 0 aliphatic rings. The molecule has 0 unspecified atom stereocenters. The van der Waals surface area contributed by atoms with Crippen molar-refractivity contribution in [3.8, 4) is 11.5 Å². The van der Waals surface area contributed by atoms with Gasteiger partial charge in [0.15, 0.2) is 11.5 Å². The zero-order chi connectivity index (χ0) is 16.9. The molecule has 0 fully saturated rings. The van der Waals surface area contributed by atoms with E-state index in [1.807, 2.05) is 12.1 Å². The van der Waals surface area contributed by atoms with E-state index in [0.29, 0.717) is 40.1 Å². The number of nitrogens with one attached hydrogen (secondary N) is 3. The summed E-state index contributed by atoms with van der Waals surface area (Å²) in [5, 5.41) is 23.0. The van der Waals surface area contributed by atoms with Crippen LogP contribution in [0.5, 0.6) is 11.5 Å². The van der Waals surface area contributed by atoms with Crippen LogP contribution in [-0.4, -0.2) is 30.3 Å². The molecule has 0 spiro atoms. The summed E-state index contributed by atoms with van der Waals surface area (Å²) >= 11 is 0. The fourth-order valence-corrected chi connectivity index (χ4v) is 1.86. The Morgan fingerprint density at radius 2 is 1.50 bits per heavy atom. The van der Waals surface area contributed by atoms with Gasteiger partial charge in [-0.2, -0.15) is 0 Å². The lowest BCUT2D eigenvalue weighted by atomic mass is 9.97.